The fourth-order valence-electron chi connectivity index (χ4n) is 0.756. The van der Waals surface area contributed by atoms with E-state index in [1.165, 1.54) is 12.1 Å². The number of phenols is 1. The van der Waals surface area contributed by atoms with Gasteiger partial charge in [-0.3, -0.25) is 0 Å². The molecule has 64 valence electrons. The molecule has 0 aromatic heterocycles. The fourth-order valence-corrected chi connectivity index (χ4v) is 1.08. The number of hydrogen-bond donors (Lipinski definition) is 3. The van der Waals surface area contributed by atoms with Crippen molar-refractivity contribution >= 4 is 27.6 Å². The molecule has 1 rings (SSSR count). The minimum atomic E-state index is -1.20. The summed E-state index contributed by atoms with van der Waals surface area (Å²) in [6.45, 7) is 0. The van der Waals surface area contributed by atoms with Crippen LogP contribution >= 0.6 is 15.9 Å². The summed E-state index contributed by atoms with van der Waals surface area (Å²) in [7, 11) is 0. The molecule has 0 unspecified atom stereocenters. The highest BCUT2D eigenvalue weighted by molar-refractivity contribution is 9.10. The molecule has 0 atom stereocenters. The monoisotopic (exact) mass is 231 g/mol. The zero-order valence-corrected chi connectivity index (χ0v) is 7.50. The maximum Gasteiger partial charge on any atom is 0.339 e. The van der Waals surface area contributed by atoms with Crippen molar-refractivity contribution in [3.05, 3.63) is 22.2 Å². The number of hydrogen-bond acceptors (Lipinski definition) is 3. The van der Waals surface area contributed by atoms with Gasteiger partial charge in [-0.1, -0.05) is 0 Å². The highest BCUT2D eigenvalue weighted by Gasteiger charge is 2.13. The second kappa shape index (κ2) is 3.02. The van der Waals surface area contributed by atoms with E-state index in [2.05, 4.69) is 15.9 Å². The van der Waals surface area contributed by atoms with E-state index in [1.54, 1.807) is 0 Å². The second-order valence-electron chi connectivity index (χ2n) is 2.16. The van der Waals surface area contributed by atoms with E-state index >= 15 is 0 Å². The van der Waals surface area contributed by atoms with Gasteiger partial charge < -0.3 is 15.9 Å². The number of rotatable bonds is 1. The summed E-state index contributed by atoms with van der Waals surface area (Å²) in [6, 6.07) is 2.75. The van der Waals surface area contributed by atoms with Crippen molar-refractivity contribution in [1.29, 1.82) is 0 Å². The fraction of sp³-hybridized carbons (Fsp3) is 0. The van der Waals surface area contributed by atoms with E-state index in [0.717, 1.165) is 0 Å². The molecular formula is C7H6BrNO3. The number of nitrogen functional groups attached to an aromatic ring is 1. The van der Waals surface area contributed by atoms with Gasteiger partial charge in [-0.05, 0) is 28.1 Å². The Labute approximate surface area is 76.8 Å². The highest BCUT2D eigenvalue weighted by Crippen LogP contribution is 2.31. The Balaban J connectivity index is 3.36. The molecule has 0 aliphatic rings. The summed E-state index contributed by atoms with van der Waals surface area (Å²) < 4.78 is 0.477. The molecule has 4 N–H and O–H groups in total. The van der Waals surface area contributed by atoms with Crippen LogP contribution in [-0.4, -0.2) is 16.2 Å². The Morgan fingerprint density at radius 2 is 2.08 bits per heavy atom. The zero-order valence-electron chi connectivity index (χ0n) is 5.91. The van der Waals surface area contributed by atoms with Crippen molar-refractivity contribution in [2.24, 2.45) is 0 Å². The molecule has 5 heteroatoms. The van der Waals surface area contributed by atoms with Gasteiger partial charge in [0.05, 0.1) is 5.69 Å². The van der Waals surface area contributed by atoms with Gasteiger partial charge in [0, 0.05) is 4.47 Å². The smallest absolute Gasteiger partial charge is 0.339 e. The van der Waals surface area contributed by atoms with Crippen molar-refractivity contribution in [3.8, 4) is 5.75 Å². The largest absolute Gasteiger partial charge is 0.505 e. The third-order valence-electron chi connectivity index (χ3n) is 1.39. The summed E-state index contributed by atoms with van der Waals surface area (Å²) in [5.74, 6) is -1.61. The lowest BCUT2D eigenvalue weighted by Crippen LogP contribution is -1.99. The molecule has 0 saturated heterocycles. The Kier molecular flexibility index (Phi) is 2.23. The van der Waals surface area contributed by atoms with E-state index in [9.17, 15) is 9.90 Å². The standard InChI is InChI=1S/C7H6BrNO3/c8-4-2-1-3(7(11)12)6(10)5(4)9/h1-2,10H,9H2,(H,11,12). The minimum Gasteiger partial charge on any atom is -0.505 e. The van der Waals surface area contributed by atoms with Crippen LogP contribution in [0.4, 0.5) is 5.69 Å². The molecule has 0 spiro atoms. The summed E-state index contributed by atoms with van der Waals surface area (Å²) in [5.41, 5.74) is 5.20. The molecule has 0 fully saturated rings. The number of carboxylic acid groups (broad SMARTS) is 1. The molecular weight excluding hydrogens is 226 g/mol. The van der Waals surface area contributed by atoms with Crippen molar-refractivity contribution in [1.82, 2.24) is 0 Å². The van der Waals surface area contributed by atoms with Crippen molar-refractivity contribution < 1.29 is 15.0 Å². The maximum absolute atomic E-state index is 10.5. The summed E-state index contributed by atoms with van der Waals surface area (Å²) in [5, 5.41) is 17.8. The number of carboxylic acids is 1. The van der Waals surface area contributed by atoms with E-state index in [4.69, 9.17) is 10.8 Å². The van der Waals surface area contributed by atoms with Gasteiger partial charge in [0.2, 0.25) is 0 Å². The first-order chi connectivity index (χ1) is 5.54. The van der Waals surface area contributed by atoms with Gasteiger partial charge in [0.25, 0.3) is 0 Å². The Morgan fingerprint density at radius 1 is 1.50 bits per heavy atom. The molecule has 0 bridgehead atoms. The third-order valence-corrected chi connectivity index (χ3v) is 2.09. The normalized spacial score (nSPS) is 9.75. The summed E-state index contributed by atoms with van der Waals surface area (Å²) in [6.07, 6.45) is 0. The first-order valence-corrected chi connectivity index (χ1v) is 3.83. The van der Waals surface area contributed by atoms with Gasteiger partial charge in [0.1, 0.15) is 5.56 Å². The van der Waals surface area contributed by atoms with Crippen LogP contribution in [0, 0.1) is 0 Å². The van der Waals surface area contributed by atoms with Crippen molar-refractivity contribution in [2.75, 3.05) is 5.73 Å². The maximum atomic E-state index is 10.5. The molecule has 1 aromatic rings. The lowest BCUT2D eigenvalue weighted by Gasteiger charge is -2.03. The van der Waals surface area contributed by atoms with Gasteiger partial charge >= 0.3 is 5.97 Å². The predicted octanol–water partition coefficient (Wildman–Crippen LogP) is 1.44. The molecule has 0 saturated carbocycles. The number of carbonyl (C=O) groups is 1. The average molecular weight is 232 g/mol. The second-order valence-corrected chi connectivity index (χ2v) is 3.02. The van der Waals surface area contributed by atoms with Crippen LogP contribution in [0.2, 0.25) is 0 Å². The van der Waals surface area contributed by atoms with E-state index in [0.29, 0.717) is 4.47 Å². The summed E-state index contributed by atoms with van der Waals surface area (Å²) >= 11 is 3.05. The van der Waals surface area contributed by atoms with Gasteiger partial charge in [0.15, 0.2) is 5.75 Å². The molecule has 0 aliphatic carbocycles. The first kappa shape index (κ1) is 8.86. The lowest BCUT2D eigenvalue weighted by molar-refractivity contribution is 0.0694. The van der Waals surface area contributed by atoms with Crippen LogP contribution in [0.25, 0.3) is 0 Å². The molecule has 1 aromatic carbocycles. The van der Waals surface area contributed by atoms with Crippen LogP contribution in [0.5, 0.6) is 5.75 Å². The molecule has 0 aliphatic heterocycles. The quantitative estimate of drug-likeness (QED) is 0.505. The van der Waals surface area contributed by atoms with E-state index in [-0.39, 0.29) is 11.3 Å². The predicted molar refractivity (Wildman–Crippen MR) is 47.2 cm³/mol. The minimum absolute atomic E-state index is 0.0369. The number of anilines is 1. The van der Waals surface area contributed by atoms with Gasteiger partial charge in [-0.25, -0.2) is 4.79 Å². The van der Waals surface area contributed by atoms with Crippen LogP contribution in [0.3, 0.4) is 0 Å². The molecule has 4 nitrogen and oxygen atoms in total. The molecule has 12 heavy (non-hydrogen) atoms. The SMILES string of the molecule is Nc1c(Br)ccc(C(=O)O)c1O. The van der Waals surface area contributed by atoms with Crippen molar-refractivity contribution in [2.45, 2.75) is 0 Å². The van der Waals surface area contributed by atoms with Crippen LogP contribution in [0.1, 0.15) is 10.4 Å². The van der Waals surface area contributed by atoms with Crippen LogP contribution in [-0.2, 0) is 0 Å². The number of nitrogens with two attached hydrogens (primary N) is 1. The summed E-state index contributed by atoms with van der Waals surface area (Å²) in [4.78, 5) is 10.5. The molecule has 0 heterocycles. The third kappa shape index (κ3) is 1.35. The van der Waals surface area contributed by atoms with Crippen LogP contribution < -0.4 is 5.73 Å². The Morgan fingerprint density at radius 3 is 2.58 bits per heavy atom. The highest BCUT2D eigenvalue weighted by atomic mass is 79.9. The number of aromatic hydroxyl groups is 1. The number of aromatic carboxylic acids is 1. The lowest BCUT2D eigenvalue weighted by atomic mass is 10.2. The topological polar surface area (TPSA) is 83.6 Å². The van der Waals surface area contributed by atoms with Crippen molar-refractivity contribution in [3.63, 3.8) is 0 Å². The molecule has 0 amide bonds. The Hall–Kier alpha value is -1.23. The Bertz CT molecular complexity index is 338. The van der Waals surface area contributed by atoms with E-state index < -0.39 is 11.7 Å². The first-order valence-electron chi connectivity index (χ1n) is 3.04. The van der Waals surface area contributed by atoms with Gasteiger partial charge in [-0.15, -0.1) is 0 Å². The number of benzene rings is 1. The molecule has 0 radical (unpaired) electrons. The number of halogens is 1. The van der Waals surface area contributed by atoms with Crippen LogP contribution in [0.15, 0.2) is 16.6 Å². The van der Waals surface area contributed by atoms with E-state index in [1.807, 2.05) is 0 Å². The van der Waals surface area contributed by atoms with Gasteiger partial charge in [-0.2, -0.15) is 0 Å². The average Bonchev–Trinajstić information content (AvgIpc) is 2.00. The zero-order chi connectivity index (χ0) is 9.30.